The van der Waals surface area contributed by atoms with Crippen LogP contribution in [-0.2, 0) is 17.7 Å². The number of nitrogens with one attached hydrogen (secondary N) is 1. The molecule has 1 rings (SSSR count). The van der Waals surface area contributed by atoms with Crippen molar-refractivity contribution in [2.75, 3.05) is 13.7 Å². The Morgan fingerprint density at radius 2 is 2.05 bits per heavy atom. The summed E-state index contributed by atoms with van der Waals surface area (Å²) in [5.41, 5.74) is 2.07. The number of hydrogen-bond donors (Lipinski definition) is 1. The number of hydrogen-bond acceptors (Lipinski definition) is 3. The zero-order valence-electron chi connectivity index (χ0n) is 13.6. The van der Waals surface area contributed by atoms with Crippen LogP contribution in [0.2, 0.25) is 0 Å². The number of aromatic nitrogens is 2. The van der Waals surface area contributed by atoms with Gasteiger partial charge in [0.2, 0.25) is 0 Å². The number of methoxy groups -OCH3 is 1. The van der Waals surface area contributed by atoms with E-state index in [-0.39, 0.29) is 11.6 Å². The first kappa shape index (κ1) is 17.7. The maximum Gasteiger partial charge on any atom is 0.0778 e. The summed E-state index contributed by atoms with van der Waals surface area (Å²) in [6.07, 6.45) is 2.01. The highest BCUT2D eigenvalue weighted by Gasteiger charge is 2.30. The summed E-state index contributed by atoms with van der Waals surface area (Å²) < 4.78 is 8.88. The molecule has 0 saturated carbocycles. The van der Waals surface area contributed by atoms with Crippen LogP contribution in [0.1, 0.15) is 45.5 Å². The molecule has 1 atom stereocenters. The van der Waals surface area contributed by atoms with Gasteiger partial charge in [0.25, 0.3) is 0 Å². The maximum atomic E-state index is 5.68. The van der Waals surface area contributed by atoms with Gasteiger partial charge in [-0.25, -0.2) is 0 Å². The first-order chi connectivity index (χ1) is 9.37. The van der Waals surface area contributed by atoms with E-state index in [1.165, 1.54) is 5.69 Å². The highest BCUT2D eigenvalue weighted by Crippen LogP contribution is 2.25. The molecule has 4 nitrogen and oxygen atoms in total. The molecule has 0 aliphatic carbocycles. The smallest absolute Gasteiger partial charge is 0.0778 e. The first-order valence-electron chi connectivity index (χ1n) is 7.37. The van der Waals surface area contributed by atoms with E-state index in [0.717, 1.165) is 36.1 Å². The van der Waals surface area contributed by atoms with Crippen molar-refractivity contribution >= 4 is 15.9 Å². The molecule has 0 amide bonds. The van der Waals surface area contributed by atoms with E-state index in [4.69, 9.17) is 4.74 Å². The van der Waals surface area contributed by atoms with Gasteiger partial charge < -0.3 is 10.1 Å². The summed E-state index contributed by atoms with van der Waals surface area (Å²) in [5, 5.41) is 8.18. The zero-order chi connectivity index (χ0) is 15.3. The molecule has 5 heteroatoms. The Balaban J connectivity index is 3.00. The van der Waals surface area contributed by atoms with Crippen molar-refractivity contribution in [3.63, 3.8) is 0 Å². The van der Waals surface area contributed by atoms with Gasteiger partial charge in [0.15, 0.2) is 0 Å². The molecule has 1 N–H and O–H groups in total. The van der Waals surface area contributed by atoms with Crippen LogP contribution in [-0.4, -0.2) is 35.1 Å². The van der Waals surface area contributed by atoms with E-state index in [1.807, 2.05) is 6.92 Å². The second kappa shape index (κ2) is 7.57. The summed E-state index contributed by atoms with van der Waals surface area (Å²) in [5.74, 6) is 0. The third-order valence-electron chi connectivity index (χ3n) is 3.86. The molecule has 0 radical (unpaired) electrons. The molecule has 0 saturated heterocycles. The Labute approximate surface area is 131 Å². The average molecular weight is 346 g/mol. The second-order valence-corrected chi connectivity index (χ2v) is 6.47. The predicted molar refractivity (Wildman–Crippen MR) is 87.2 cm³/mol. The van der Waals surface area contributed by atoms with E-state index in [9.17, 15) is 0 Å². The molecule has 0 aliphatic rings. The third kappa shape index (κ3) is 4.06. The Hall–Kier alpha value is -0.390. The molecule has 0 aromatic carbocycles. The quantitative estimate of drug-likeness (QED) is 0.785. The maximum absolute atomic E-state index is 5.68. The Morgan fingerprint density at radius 3 is 2.55 bits per heavy atom. The number of halogens is 1. The predicted octanol–water partition coefficient (Wildman–Crippen LogP) is 3.31. The minimum Gasteiger partial charge on any atom is -0.377 e. The van der Waals surface area contributed by atoms with E-state index in [0.29, 0.717) is 0 Å². The molecular formula is C15H28BrN3O. The van der Waals surface area contributed by atoms with Crippen LogP contribution in [0.3, 0.4) is 0 Å². The molecule has 0 bridgehead atoms. The van der Waals surface area contributed by atoms with Crippen molar-refractivity contribution in [1.29, 1.82) is 0 Å². The number of ether oxygens (including phenoxy) is 1. The fourth-order valence-corrected chi connectivity index (χ4v) is 2.73. The van der Waals surface area contributed by atoms with Gasteiger partial charge in [-0.1, -0.05) is 6.92 Å². The summed E-state index contributed by atoms with van der Waals surface area (Å²) in [7, 11) is 1.78. The number of nitrogens with zero attached hydrogens (tertiary/aromatic N) is 2. The van der Waals surface area contributed by atoms with Gasteiger partial charge in [-0.15, -0.1) is 0 Å². The fraction of sp³-hybridized carbons (Fsp3) is 0.800. The molecule has 1 heterocycles. The lowest BCUT2D eigenvalue weighted by Gasteiger charge is -2.34. The Morgan fingerprint density at radius 1 is 1.40 bits per heavy atom. The number of aryl methyl sites for hydroxylation is 2. The second-order valence-electron chi connectivity index (χ2n) is 5.68. The molecule has 116 valence electrons. The fourth-order valence-electron chi connectivity index (χ4n) is 2.28. The average Bonchev–Trinajstić information content (AvgIpc) is 2.70. The molecule has 1 aromatic rings. The SMILES string of the molecule is CCCNC(Cc1c(Br)c(C)nn1CC)C(C)(C)OC. The van der Waals surface area contributed by atoms with E-state index >= 15 is 0 Å². The zero-order valence-corrected chi connectivity index (χ0v) is 15.2. The van der Waals surface area contributed by atoms with E-state index in [2.05, 4.69) is 58.7 Å². The molecule has 1 aromatic heterocycles. The molecule has 20 heavy (non-hydrogen) atoms. The Kier molecular flexibility index (Phi) is 6.69. The molecule has 0 spiro atoms. The normalized spacial score (nSPS) is 13.8. The van der Waals surface area contributed by atoms with Gasteiger partial charge in [0, 0.05) is 26.1 Å². The van der Waals surface area contributed by atoms with Crippen LogP contribution >= 0.6 is 15.9 Å². The van der Waals surface area contributed by atoms with Crippen LogP contribution in [0.15, 0.2) is 4.47 Å². The minimum atomic E-state index is -0.217. The van der Waals surface area contributed by atoms with Crippen molar-refractivity contribution in [3.8, 4) is 0 Å². The van der Waals surface area contributed by atoms with Crippen LogP contribution in [0.25, 0.3) is 0 Å². The van der Waals surface area contributed by atoms with Crippen molar-refractivity contribution in [2.24, 2.45) is 0 Å². The summed E-state index contributed by atoms with van der Waals surface area (Å²) in [4.78, 5) is 0. The van der Waals surface area contributed by atoms with Gasteiger partial charge >= 0.3 is 0 Å². The van der Waals surface area contributed by atoms with E-state index in [1.54, 1.807) is 7.11 Å². The van der Waals surface area contributed by atoms with Gasteiger partial charge in [-0.05, 0) is 56.6 Å². The lowest BCUT2D eigenvalue weighted by molar-refractivity contribution is -0.0105. The van der Waals surface area contributed by atoms with Crippen LogP contribution in [0.4, 0.5) is 0 Å². The monoisotopic (exact) mass is 345 g/mol. The van der Waals surface area contributed by atoms with Crippen LogP contribution in [0.5, 0.6) is 0 Å². The topological polar surface area (TPSA) is 39.1 Å². The number of rotatable bonds is 8. The summed E-state index contributed by atoms with van der Waals surface area (Å²) in [6, 6.07) is 0.255. The highest BCUT2D eigenvalue weighted by molar-refractivity contribution is 9.10. The van der Waals surface area contributed by atoms with Crippen molar-refractivity contribution in [2.45, 2.75) is 65.6 Å². The lowest BCUT2D eigenvalue weighted by atomic mass is 9.93. The summed E-state index contributed by atoms with van der Waals surface area (Å²) >= 11 is 3.68. The van der Waals surface area contributed by atoms with Crippen LogP contribution < -0.4 is 5.32 Å². The lowest BCUT2D eigenvalue weighted by Crippen LogP contribution is -2.50. The largest absolute Gasteiger partial charge is 0.377 e. The Bertz CT molecular complexity index is 429. The van der Waals surface area contributed by atoms with Crippen LogP contribution in [0, 0.1) is 6.92 Å². The standard InChI is InChI=1S/C15H28BrN3O/c1-7-9-17-13(15(4,5)20-6)10-12-14(16)11(3)18-19(12)8-2/h13,17H,7-10H2,1-6H3. The van der Waals surface area contributed by atoms with Gasteiger partial charge in [-0.2, -0.15) is 5.10 Å². The molecule has 0 fully saturated rings. The molecule has 0 aliphatic heterocycles. The molecular weight excluding hydrogens is 318 g/mol. The van der Waals surface area contributed by atoms with Crippen molar-refractivity contribution < 1.29 is 4.74 Å². The van der Waals surface area contributed by atoms with Crippen molar-refractivity contribution in [3.05, 3.63) is 15.9 Å². The van der Waals surface area contributed by atoms with Crippen molar-refractivity contribution in [1.82, 2.24) is 15.1 Å². The minimum absolute atomic E-state index is 0.217. The van der Waals surface area contributed by atoms with Gasteiger partial charge in [0.1, 0.15) is 0 Å². The van der Waals surface area contributed by atoms with E-state index < -0.39 is 0 Å². The third-order valence-corrected chi connectivity index (χ3v) is 4.89. The highest BCUT2D eigenvalue weighted by atomic mass is 79.9. The molecule has 1 unspecified atom stereocenters. The van der Waals surface area contributed by atoms with Gasteiger partial charge in [-0.3, -0.25) is 4.68 Å². The van der Waals surface area contributed by atoms with Gasteiger partial charge in [0.05, 0.1) is 21.5 Å². The summed E-state index contributed by atoms with van der Waals surface area (Å²) in [6.45, 7) is 12.5. The first-order valence-corrected chi connectivity index (χ1v) is 8.16.